The van der Waals surface area contributed by atoms with Gasteiger partial charge in [0.25, 0.3) is 15.9 Å². The van der Waals surface area contributed by atoms with Gasteiger partial charge in [-0.1, -0.05) is 48.5 Å². The van der Waals surface area contributed by atoms with E-state index in [0.29, 0.717) is 33.1 Å². The molecule has 0 saturated carbocycles. The van der Waals surface area contributed by atoms with E-state index < -0.39 is 15.9 Å². The van der Waals surface area contributed by atoms with Crippen LogP contribution in [0.3, 0.4) is 0 Å². The number of amides is 1. The van der Waals surface area contributed by atoms with E-state index in [1.807, 2.05) is 48.5 Å². The molecule has 3 aromatic carbocycles. The average Bonchev–Trinajstić information content (AvgIpc) is 2.77. The number of hydroxylamine groups is 1. The van der Waals surface area contributed by atoms with E-state index in [4.69, 9.17) is 5.21 Å². The fourth-order valence-corrected chi connectivity index (χ4v) is 4.29. The van der Waals surface area contributed by atoms with Gasteiger partial charge in [0.2, 0.25) is 0 Å². The van der Waals surface area contributed by atoms with Gasteiger partial charge in [0.15, 0.2) is 0 Å². The number of carbonyl (C=O) groups is 1. The van der Waals surface area contributed by atoms with Crippen LogP contribution in [-0.4, -0.2) is 24.5 Å². The molecule has 0 saturated heterocycles. The van der Waals surface area contributed by atoms with Gasteiger partial charge in [-0.15, -0.1) is 0 Å². The Balaban J connectivity index is 1.80. The van der Waals surface area contributed by atoms with Gasteiger partial charge in [0, 0.05) is 16.8 Å². The second kappa shape index (κ2) is 7.94. The van der Waals surface area contributed by atoms with E-state index in [-0.39, 0.29) is 4.90 Å². The number of hydrogen-bond donors (Lipinski definition) is 3. The molecule has 0 unspecified atom stereocenters. The first-order valence-corrected chi connectivity index (χ1v) is 10.5. The Morgan fingerprint density at radius 3 is 2.17 bits per heavy atom. The van der Waals surface area contributed by atoms with Crippen LogP contribution in [0, 0.1) is 0 Å². The van der Waals surface area contributed by atoms with Gasteiger partial charge >= 0.3 is 0 Å². The zero-order valence-corrected chi connectivity index (χ0v) is 16.4. The van der Waals surface area contributed by atoms with Crippen molar-refractivity contribution in [2.75, 3.05) is 4.72 Å². The number of hydrogen-bond acceptors (Lipinski definition) is 5. The number of fused-ring (bicyclic) bond motifs is 2. The highest BCUT2D eigenvalue weighted by molar-refractivity contribution is 7.92. The molecule has 0 fully saturated rings. The van der Waals surface area contributed by atoms with Gasteiger partial charge in [0.1, 0.15) is 0 Å². The summed E-state index contributed by atoms with van der Waals surface area (Å²) in [4.78, 5) is 15.8. The molecule has 3 N–H and O–H groups in total. The number of aromatic nitrogens is 1. The predicted octanol–water partition coefficient (Wildman–Crippen LogP) is 3.71. The topological polar surface area (TPSA) is 108 Å². The molecular formula is C22H17N3O4S. The highest BCUT2D eigenvalue weighted by atomic mass is 32.2. The fraction of sp³-hybridized carbons (Fsp3) is 0. The van der Waals surface area contributed by atoms with Crippen LogP contribution in [0.1, 0.15) is 5.56 Å². The summed E-state index contributed by atoms with van der Waals surface area (Å²) < 4.78 is 29.0. The molecule has 0 aliphatic heterocycles. The molecule has 150 valence electrons. The highest BCUT2D eigenvalue weighted by Crippen LogP contribution is 2.32. The third kappa shape index (κ3) is 3.86. The van der Waals surface area contributed by atoms with E-state index in [9.17, 15) is 13.2 Å². The van der Waals surface area contributed by atoms with Crippen LogP contribution in [-0.2, 0) is 14.8 Å². The molecule has 0 atom stereocenters. The Hall–Kier alpha value is -3.75. The first-order chi connectivity index (χ1) is 14.5. The first kappa shape index (κ1) is 19.6. The van der Waals surface area contributed by atoms with Crippen LogP contribution in [0.5, 0.6) is 0 Å². The van der Waals surface area contributed by atoms with Crippen LogP contribution >= 0.6 is 0 Å². The molecule has 4 aromatic rings. The van der Waals surface area contributed by atoms with Gasteiger partial charge in [-0.25, -0.2) is 18.9 Å². The fourth-order valence-electron chi connectivity index (χ4n) is 3.14. The van der Waals surface area contributed by atoms with Gasteiger partial charge in [0.05, 0.1) is 21.6 Å². The normalized spacial score (nSPS) is 11.8. The Bertz CT molecular complexity index is 1340. The molecular weight excluding hydrogens is 402 g/mol. The highest BCUT2D eigenvalue weighted by Gasteiger charge is 2.18. The van der Waals surface area contributed by atoms with E-state index in [2.05, 4.69) is 9.71 Å². The van der Waals surface area contributed by atoms with E-state index in [0.717, 1.165) is 6.08 Å². The van der Waals surface area contributed by atoms with E-state index in [1.165, 1.54) is 23.7 Å². The van der Waals surface area contributed by atoms with E-state index >= 15 is 0 Å². The zero-order valence-electron chi connectivity index (χ0n) is 15.6. The molecule has 7 nitrogen and oxygen atoms in total. The number of rotatable bonds is 5. The van der Waals surface area contributed by atoms with E-state index in [1.54, 1.807) is 12.1 Å². The lowest BCUT2D eigenvalue weighted by molar-refractivity contribution is -0.124. The lowest BCUT2D eigenvalue weighted by atomic mass is 10.1. The third-order valence-electron chi connectivity index (χ3n) is 4.53. The minimum atomic E-state index is -3.92. The molecule has 0 spiro atoms. The summed E-state index contributed by atoms with van der Waals surface area (Å²) in [6, 6.07) is 20.8. The molecule has 1 amide bonds. The van der Waals surface area contributed by atoms with Crippen molar-refractivity contribution in [1.29, 1.82) is 0 Å². The molecule has 0 radical (unpaired) electrons. The zero-order chi connectivity index (χ0) is 21.1. The largest absolute Gasteiger partial charge is 0.288 e. The van der Waals surface area contributed by atoms with Crippen LogP contribution in [0.25, 0.3) is 27.9 Å². The third-order valence-corrected chi connectivity index (χ3v) is 5.88. The number of sulfonamides is 1. The summed E-state index contributed by atoms with van der Waals surface area (Å²) in [5, 5.41) is 9.95. The summed E-state index contributed by atoms with van der Waals surface area (Å²) in [5.41, 5.74) is 3.79. The van der Waals surface area contributed by atoms with Crippen molar-refractivity contribution < 1.29 is 18.4 Å². The second-order valence-electron chi connectivity index (χ2n) is 6.51. The Labute approximate surface area is 172 Å². The molecule has 0 aliphatic rings. The first-order valence-electron chi connectivity index (χ1n) is 9.00. The number of anilines is 1. The Morgan fingerprint density at radius 2 is 1.53 bits per heavy atom. The van der Waals surface area contributed by atoms with Crippen molar-refractivity contribution in [2.45, 2.75) is 4.90 Å². The van der Waals surface area contributed by atoms with Gasteiger partial charge < -0.3 is 0 Å². The summed E-state index contributed by atoms with van der Waals surface area (Å²) in [5.74, 6) is -0.712. The van der Waals surface area contributed by atoms with Crippen molar-refractivity contribution in [3.8, 4) is 0 Å². The molecule has 1 aromatic heterocycles. The lowest BCUT2D eigenvalue weighted by Crippen LogP contribution is -2.15. The molecule has 0 aliphatic carbocycles. The number of carbonyl (C=O) groups excluding carboxylic acids is 1. The van der Waals surface area contributed by atoms with Gasteiger partial charge in [-0.05, 0) is 35.9 Å². The minimum absolute atomic E-state index is 0.0408. The Kier molecular flexibility index (Phi) is 5.18. The maximum atomic E-state index is 13.2. The Morgan fingerprint density at radius 1 is 0.900 bits per heavy atom. The molecule has 1 heterocycles. The SMILES string of the molecule is O=C(/C=C/c1cccc(S(=O)(=O)Nc2c3ccccc3nc3ccccc23)c1)NO. The monoisotopic (exact) mass is 419 g/mol. The van der Waals surface area contributed by atoms with Gasteiger partial charge in [-0.3, -0.25) is 14.7 Å². The smallest absolute Gasteiger partial charge is 0.267 e. The van der Waals surface area contributed by atoms with Crippen molar-refractivity contribution in [3.05, 3.63) is 84.4 Å². The predicted molar refractivity (Wildman–Crippen MR) is 115 cm³/mol. The molecule has 4 rings (SSSR count). The summed E-state index contributed by atoms with van der Waals surface area (Å²) in [7, 11) is -3.92. The van der Waals surface area contributed by atoms with Crippen molar-refractivity contribution >= 4 is 49.5 Å². The van der Waals surface area contributed by atoms with Crippen LogP contribution in [0.15, 0.2) is 83.8 Å². The molecule has 0 bridgehead atoms. The van der Waals surface area contributed by atoms with Crippen LogP contribution < -0.4 is 10.2 Å². The average molecular weight is 419 g/mol. The maximum absolute atomic E-state index is 13.2. The lowest BCUT2D eigenvalue weighted by Gasteiger charge is -2.14. The number of benzene rings is 3. The van der Waals surface area contributed by atoms with Crippen molar-refractivity contribution in [1.82, 2.24) is 10.5 Å². The second-order valence-corrected chi connectivity index (χ2v) is 8.19. The molecule has 30 heavy (non-hydrogen) atoms. The summed E-state index contributed by atoms with van der Waals surface area (Å²) in [6.45, 7) is 0. The standard InChI is InChI=1S/C22H17N3O4S/c26-21(24-27)13-12-15-6-5-7-16(14-15)30(28,29)25-22-17-8-1-3-10-19(17)23-20-11-4-2-9-18(20)22/h1-14,27H,(H,23,25)(H,24,26)/b13-12+. The van der Waals surface area contributed by atoms with Gasteiger partial charge in [-0.2, -0.15) is 0 Å². The van der Waals surface area contributed by atoms with Crippen LogP contribution in [0.2, 0.25) is 0 Å². The summed E-state index contributed by atoms with van der Waals surface area (Å²) >= 11 is 0. The van der Waals surface area contributed by atoms with Crippen molar-refractivity contribution in [3.63, 3.8) is 0 Å². The maximum Gasteiger partial charge on any atom is 0.267 e. The molecule has 8 heteroatoms. The number of para-hydroxylation sites is 2. The number of nitrogens with one attached hydrogen (secondary N) is 2. The number of nitrogens with zero attached hydrogens (tertiary/aromatic N) is 1. The number of pyridine rings is 1. The summed E-state index contributed by atoms with van der Waals surface area (Å²) in [6.07, 6.45) is 2.50. The van der Waals surface area contributed by atoms with Crippen molar-refractivity contribution in [2.24, 2.45) is 0 Å². The minimum Gasteiger partial charge on any atom is -0.288 e. The quantitative estimate of drug-likeness (QED) is 0.198. The van der Waals surface area contributed by atoms with Crippen LogP contribution in [0.4, 0.5) is 5.69 Å².